The Bertz CT molecular complexity index is 481. The van der Waals surface area contributed by atoms with Gasteiger partial charge >= 0.3 is 0 Å². The molecule has 1 aromatic rings. The minimum Gasteiger partial charge on any atom is -0.497 e. The van der Waals surface area contributed by atoms with E-state index in [-0.39, 0.29) is 5.60 Å². The van der Waals surface area contributed by atoms with E-state index < -0.39 is 0 Å². The number of ether oxygens (including phenoxy) is 2. The number of hydrogen-bond donors (Lipinski definition) is 1. The van der Waals surface area contributed by atoms with Crippen molar-refractivity contribution in [2.45, 2.75) is 59.1 Å². The van der Waals surface area contributed by atoms with Gasteiger partial charge in [-0.15, -0.1) is 0 Å². The monoisotopic (exact) mass is 333 g/mol. The normalized spacial score (nSPS) is 21.7. The Hall–Kier alpha value is -1.06. The second-order valence-electron chi connectivity index (χ2n) is 8.08. The average molecular weight is 334 g/mol. The van der Waals surface area contributed by atoms with Gasteiger partial charge in [-0.3, -0.25) is 0 Å². The summed E-state index contributed by atoms with van der Waals surface area (Å²) in [5.74, 6) is 3.21. The maximum Gasteiger partial charge on any atom is 0.118 e. The first kappa shape index (κ1) is 19.3. The number of methoxy groups -OCH3 is 1. The summed E-state index contributed by atoms with van der Waals surface area (Å²) >= 11 is 0. The Morgan fingerprint density at radius 1 is 1.25 bits per heavy atom. The highest BCUT2D eigenvalue weighted by Crippen LogP contribution is 2.37. The Labute approximate surface area is 148 Å². The molecule has 2 rings (SSSR count). The minimum atomic E-state index is 0.0482. The molecular formula is C21H35NO2. The Morgan fingerprint density at radius 3 is 2.54 bits per heavy atom. The number of benzene rings is 1. The molecule has 0 aliphatic carbocycles. The van der Waals surface area contributed by atoms with Gasteiger partial charge in [0.05, 0.1) is 12.7 Å². The van der Waals surface area contributed by atoms with Crippen LogP contribution in [-0.2, 0) is 11.3 Å². The second-order valence-corrected chi connectivity index (χ2v) is 8.08. The molecule has 1 aliphatic rings. The third-order valence-corrected chi connectivity index (χ3v) is 5.34. The molecule has 0 amide bonds. The molecule has 1 aliphatic heterocycles. The number of rotatable bonds is 8. The SMILES string of the molecule is COc1ccc(CNCC[C@H](C(C)C)[C@H]2CCOC(C)(C)C2)cc1. The zero-order valence-corrected chi connectivity index (χ0v) is 16.1. The zero-order chi connectivity index (χ0) is 17.6. The van der Waals surface area contributed by atoms with Crippen molar-refractivity contribution in [2.24, 2.45) is 17.8 Å². The van der Waals surface area contributed by atoms with E-state index in [1.807, 2.05) is 12.1 Å². The van der Waals surface area contributed by atoms with Crippen LogP contribution in [-0.4, -0.2) is 25.9 Å². The van der Waals surface area contributed by atoms with Crippen LogP contribution >= 0.6 is 0 Å². The van der Waals surface area contributed by atoms with E-state index in [9.17, 15) is 0 Å². The molecule has 0 spiro atoms. The van der Waals surface area contributed by atoms with Crippen LogP contribution < -0.4 is 10.1 Å². The standard InChI is InChI=1S/C21H35NO2/c1-16(2)20(18-11-13-24-21(3,4)14-18)10-12-22-15-17-6-8-19(23-5)9-7-17/h6-9,16,18,20,22H,10-15H2,1-5H3/t18-,20+/m0/s1. The van der Waals surface area contributed by atoms with Gasteiger partial charge in [0, 0.05) is 13.2 Å². The van der Waals surface area contributed by atoms with Crippen LogP contribution in [0, 0.1) is 17.8 Å². The molecule has 1 heterocycles. The molecule has 1 saturated heterocycles. The van der Waals surface area contributed by atoms with Gasteiger partial charge in [0.25, 0.3) is 0 Å². The van der Waals surface area contributed by atoms with E-state index in [0.717, 1.165) is 43.2 Å². The van der Waals surface area contributed by atoms with Gasteiger partial charge in [0.1, 0.15) is 5.75 Å². The van der Waals surface area contributed by atoms with Crippen molar-refractivity contribution in [3.05, 3.63) is 29.8 Å². The summed E-state index contributed by atoms with van der Waals surface area (Å²) in [5, 5.41) is 3.61. The molecule has 3 nitrogen and oxygen atoms in total. The molecule has 2 atom stereocenters. The summed E-state index contributed by atoms with van der Waals surface area (Å²) in [6.07, 6.45) is 3.65. The van der Waals surface area contributed by atoms with Crippen LogP contribution in [0.2, 0.25) is 0 Å². The maximum absolute atomic E-state index is 5.90. The van der Waals surface area contributed by atoms with E-state index >= 15 is 0 Å². The van der Waals surface area contributed by atoms with E-state index in [0.29, 0.717) is 0 Å². The van der Waals surface area contributed by atoms with Crippen LogP contribution in [0.15, 0.2) is 24.3 Å². The van der Waals surface area contributed by atoms with Crippen molar-refractivity contribution >= 4 is 0 Å². The quantitative estimate of drug-likeness (QED) is 0.702. The van der Waals surface area contributed by atoms with Crippen LogP contribution in [0.25, 0.3) is 0 Å². The Kier molecular flexibility index (Phi) is 7.12. The lowest BCUT2D eigenvalue weighted by molar-refractivity contribution is -0.0867. The molecule has 1 aromatic carbocycles. The van der Waals surface area contributed by atoms with Gasteiger partial charge in [-0.1, -0.05) is 26.0 Å². The summed E-state index contributed by atoms with van der Waals surface area (Å²) < 4.78 is 11.1. The molecule has 1 N–H and O–H groups in total. The van der Waals surface area contributed by atoms with Gasteiger partial charge in [-0.05, 0) is 75.1 Å². The maximum atomic E-state index is 5.90. The van der Waals surface area contributed by atoms with Gasteiger partial charge in [0.2, 0.25) is 0 Å². The highest BCUT2D eigenvalue weighted by atomic mass is 16.5. The molecule has 24 heavy (non-hydrogen) atoms. The fourth-order valence-corrected chi connectivity index (χ4v) is 4.00. The summed E-state index contributed by atoms with van der Waals surface area (Å²) in [4.78, 5) is 0. The molecule has 136 valence electrons. The highest BCUT2D eigenvalue weighted by Gasteiger charge is 2.34. The smallest absolute Gasteiger partial charge is 0.118 e. The van der Waals surface area contributed by atoms with Crippen molar-refractivity contribution in [2.75, 3.05) is 20.3 Å². The van der Waals surface area contributed by atoms with Crippen molar-refractivity contribution < 1.29 is 9.47 Å². The van der Waals surface area contributed by atoms with Crippen LogP contribution in [0.5, 0.6) is 5.75 Å². The molecule has 0 aromatic heterocycles. The molecule has 0 unspecified atom stereocenters. The molecule has 3 heteroatoms. The van der Waals surface area contributed by atoms with Crippen LogP contribution in [0.1, 0.15) is 52.5 Å². The zero-order valence-electron chi connectivity index (χ0n) is 16.1. The van der Waals surface area contributed by atoms with E-state index in [2.05, 4.69) is 45.1 Å². The minimum absolute atomic E-state index is 0.0482. The van der Waals surface area contributed by atoms with Crippen molar-refractivity contribution in [3.8, 4) is 5.75 Å². The van der Waals surface area contributed by atoms with Gasteiger partial charge in [-0.2, -0.15) is 0 Å². The van der Waals surface area contributed by atoms with E-state index in [1.54, 1.807) is 7.11 Å². The van der Waals surface area contributed by atoms with Gasteiger partial charge in [-0.25, -0.2) is 0 Å². The first-order valence-corrected chi connectivity index (χ1v) is 9.39. The predicted octanol–water partition coefficient (Wildman–Crippen LogP) is 4.65. The molecular weight excluding hydrogens is 298 g/mol. The largest absolute Gasteiger partial charge is 0.497 e. The van der Waals surface area contributed by atoms with E-state index in [1.165, 1.54) is 24.8 Å². The lowest BCUT2D eigenvalue weighted by atomic mass is 9.73. The second kappa shape index (κ2) is 8.87. The molecule has 0 bridgehead atoms. The highest BCUT2D eigenvalue weighted by molar-refractivity contribution is 5.26. The third kappa shape index (κ3) is 5.78. The molecule has 1 fully saturated rings. The molecule has 0 saturated carbocycles. The first-order chi connectivity index (χ1) is 11.4. The van der Waals surface area contributed by atoms with Crippen molar-refractivity contribution in [1.29, 1.82) is 0 Å². The predicted molar refractivity (Wildman–Crippen MR) is 100 cm³/mol. The van der Waals surface area contributed by atoms with E-state index in [4.69, 9.17) is 9.47 Å². The molecule has 0 radical (unpaired) electrons. The topological polar surface area (TPSA) is 30.5 Å². The summed E-state index contributed by atoms with van der Waals surface area (Å²) in [7, 11) is 1.71. The van der Waals surface area contributed by atoms with Crippen LogP contribution in [0.3, 0.4) is 0 Å². The van der Waals surface area contributed by atoms with Crippen LogP contribution in [0.4, 0.5) is 0 Å². The lowest BCUT2D eigenvalue weighted by Gasteiger charge is -2.40. The fraction of sp³-hybridized carbons (Fsp3) is 0.714. The summed E-state index contributed by atoms with van der Waals surface area (Å²) in [5.41, 5.74) is 1.36. The average Bonchev–Trinajstić information content (AvgIpc) is 2.54. The van der Waals surface area contributed by atoms with Crippen molar-refractivity contribution in [1.82, 2.24) is 5.32 Å². The number of hydrogen-bond acceptors (Lipinski definition) is 3. The number of nitrogens with one attached hydrogen (secondary N) is 1. The van der Waals surface area contributed by atoms with Crippen molar-refractivity contribution in [3.63, 3.8) is 0 Å². The third-order valence-electron chi connectivity index (χ3n) is 5.34. The van der Waals surface area contributed by atoms with Gasteiger partial charge < -0.3 is 14.8 Å². The first-order valence-electron chi connectivity index (χ1n) is 9.39. The fourth-order valence-electron chi connectivity index (χ4n) is 4.00. The lowest BCUT2D eigenvalue weighted by Crippen LogP contribution is -2.38. The summed E-state index contributed by atoms with van der Waals surface area (Å²) in [6, 6.07) is 8.32. The van der Waals surface area contributed by atoms with Gasteiger partial charge in [0.15, 0.2) is 0 Å². The Morgan fingerprint density at radius 2 is 1.96 bits per heavy atom. The Balaban J connectivity index is 1.79. The summed E-state index contributed by atoms with van der Waals surface area (Å²) in [6.45, 7) is 12.1.